The van der Waals surface area contributed by atoms with Gasteiger partial charge in [0.25, 0.3) is 5.56 Å². The van der Waals surface area contributed by atoms with E-state index in [1.165, 1.54) is 6.33 Å². The molecule has 1 fully saturated rings. The molecule has 5 aromatic rings. The number of hydrogen-bond acceptors (Lipinski definition) is 9. The summed E-state index contributed by atoms with van der Waals surface area (Å²) in [6.07, 6.45) is -0.388. The normalized spacial score (nSPS) is 18.4. The fourth-order valence-electron chi connectivity index (χ4n) is 5.86. The molecule has 3 atom stereocenters. The third-order valence-electron chi connectivity index (χ3n) is 7.90. The molecule has 0 spiro atoms. The summed E-state index contributed by atoms with van der Waals surface area (Å²) in [7, 11) is 3.20. The maximum atomic E-state index is 12.6. The molecule has 6 rings (SSSR count). The van der Waals surface area contributed by atoms with Crippen molar-refractivity contribution in [1.82, 2.24) is 19.5 Å². The maximum absolute atomic E-state index is 12.6. The number of aromatic nitrogens is 4. The fraction of sp³-hybridized carbons (Fsp3) is 0.303. The first-order valence-corrected chi connectivity index (χ1v) is 14.5. The Kier molecular flexibility index (Phi) is 8.34. The number of aliphatic hydroxyl groups excluding tert-OH is 1. The van der Waals surface area contributed by atoms with Crippen LogP contribution in [-0.4, -0.2) is 64.2 Å². The molecule has 2 aromatic heterocycles. The van der Waals surface area contributed by atoms with Crippen molar-refractivity contribution in [1.29, 1.82) is 0 Å². The fourth-order valence-corrected chi connectivity index (χ4v) is 5.86. The zero-order chi connectivity index (χ0) is 30.7. The quantitative estimate of drug-likeness (QED) is 0.191. The molecule has 0 unspecified atom stereocenters. The number of aromatic amines is 1. The minimum absolute atomic E-state index is 0.0328. The molecule has 11 heteroatoms. The molecule has 44 heavy (non-hydrogen) atoms. The highest BCUT2D eigenvalue weighted by Crippen LogP contribution is 2.48. The summed E-state index contributed by atoms with van der Waals surface area (Å²) in [5.74, 6) is 1.44. The van der Waals surface area contributed by atoms with Crippen LogP contribution in [0.2, 0.25) is 0 Å². The van der Waals surface area contributed by atoms with Gasteiger partial charge < -0.3 is 29.4 Å². The average molecular weight is 598 g/mol. The van der Waals surface area contributed by atoms with Crippen molar-refractivity contribution in [3.05, 3.63) is 112 Å². The van der Waals surface area contributed by atoms with Crippen LogP contribution in [-0.2, 0) is 15.1 Å². The van der Waals surface area contributed by atoms with E-state index in [0.717, 1.165) is 16.7 Å². The third-order valence-corrected chi connectivity index (χ3v) is 7.90. The molecule has 0 radical (unpaired) electrons. The number of imidazole rings is 1. The van der Waals surface area contributed by atoms with E-state index in [0.29, 0.717) is 29.6 Å². The number of methoxy groups -OCH3 is 2. The monoisotopic (exact) mass is 597 g/mol. The van der Waals surface area contributed by atoms with Crippen molar-refractivity contribution < 1.29 is 24.1 Å². The largest absolute Gasteiger partial charge is 0.493 e. The van der Waals surface area contributed by atoms with Crippen LogP contribution in [0.3, 0.4) is 0 Å². The third kappa shape index (κ3) is 5.19. The van der Waals surface area contributed by atoms with Crippen molar-refractivity contribution in [3.63, 3.8) is 0 Å². The average Bonchev–Trinajstić information content (AvgIpc) is 3.65. The Balaban J connectivity index is 1.39. The lowest BCUT2D eigenvalue weighted by Gasteiger charge is -2.38. The summed E-state index contributed by atoms with van der Waals surface area (Å²) in [6.45, 7) is 2.53. The predicted molar refractivity (Wildman–Crippen MR) is 165 cm³/mol. The molecular formula is C33H35N5O6. The number of nitrogens with one attached hydrogen (secondary N) is 2. The topological polar surface area (TPSA) is 133 Å². The molecule has 0 aliphatic carbocycles. The molecule has 1 aliphatic heterocycles. The van der Waals surface area contributed by atoms with Crippen molar-refractivity contribution in [3.8, 4) is 11.5 Å². The van der Waals surface area contributed by atoms with Gasteiger partial charge in [-0.25, -0.2) is 4.98 Å². The van der Waals surface area contributed by atoms with Gasteiger partial charge in [0.2, 0.25) is 5.95 Å². The number of hydrogen-bond donors (Lipinski definition) is 3. The smallest absolute Gasteiger partial charge is 0.280 e. The highest BCUT2D eigenvalue weighted by Gasteiger charge is 2.44. The first kappa shape index (κ1) is 29.4. The van der Waals surface area contributed by atoms with Crippen LogP contribution in [0.15, 0.2) is 90.0 Å². The van der Waals surface area contributed by atoms with E-state index in [2.05, 4.69) is 20.3 Å². The zero-order valence-electron chi connectivity index (χ0n) is 24.8. The van der Waals surface area contributed by atoms with Gasteiger partial charge in [-0.1, -0.05) is 72.8 Å². The van der Waals surface area contributed by atoms with Crippen LogP contribution < -0.4 is 20.3 Å². The van der Waals surface area contributed by atoms with E-state index in [9.17, 15) is 9.90 Å². The van der Waals surface area contributed by atoms with E-state index >= 15 is 0 Å². The second-order valence-corrected chi connectivity index (χ2v) is 10.5. The second kappa shape index (κ2) is 12.5. The number of ether oxygens (including phenoxy) is 4. The van der Waals surface area contributed by atoms with E-state index in [1.807, 2.05) is 85.8 Å². The van der Waals surface area contributed by atoms with Gasteiger partial charge >= 0.3 is 0 Å². The number of benzene rings is 3. The molecule has 11 nitrogen and oxygen atoms in total. The van der Waals surface area contributed by atoms with Crippen molar-refractivity contribution in [2.75, 3.05) is 32.7 Å². The number of aliphatic hydroxyl groups is 1. The molecule has 0 saturated carbocycles. The van der Waals surface area contributed by atoms with Crippen LogP contribution in [0, 0.1) is 0 Å². The van der Waals surface area contributed by atoms with Gasteiger partial charge in [-0.2, -0.15) is 4.98 Å². The van der Waals surface area contributed by atoms with Crippen LogP contribution in [0.4, 0.5) is 5.95 Å². The Labute approximate surface area is 254 Å². The maximum Gasteiger partial charge on any atom is 0.280 e. The number of nitrogens with zero attached hydrogens (tertiary/aromatic N) is 3. The second-order valence-electron chi connectivity index (χ2n) is 10.5. The highest BCUT2D eigenvalue weighted by molar-refractivity contribution is 5.71. The minimum Gasteiger partial charge on any atom is -0.493 e. The standard InChI is InChI=1S/C33H35N5O6/c1-4-34-32-36-30-28(31(40)37-32)35-20-38(30)27-18-24(39)26(44-27)19-43-33(21-12-7-5-8-13-21,22-14-9-6-10-15-22)23-16-11-17-25(41-2)29(23)42-3/h5-17,20,24,26-27,39H,4,18-19H2,1-3H3,(H2,34,36,37,40)/t24-,26+,27+/m0/s1. The molecule has 1 saturated heterocycles. The molecular weight excluding hydrogens is 562 g/mol. The van der Waals surface area contributed by atoms with E-state index in [4.69, 9.17) is 18.9 Å². The van der Waals surface area contributed by atoms with Crippen molar-refractivity contribution >= 4 is 17.1 Å². The number of anilines is 1. The zero-order valence-corrected chi connectivity index (χ0v) is 24.8. The number of fused-ring (bicyclic) bond motifs is 1. The number of H-pyrrole nitrogens is 1. The summed E-state index contributed by atoms with van der Waals surface area (Å²) in [5, 5.41) is 14.3. The van der Waals surface area contributed by atoms with Crippen LogP contribution in [0.25, 0.3) is 11.2 Å². The summed E-state index contributed by atoms with van der Waals surface area (Å²) in [4.78, 5) is 24.1. The van der Waals surface area contributed by atoms with Gasteiger partial charge in [-0.15, -0.1) is 0 Å². The van der Waals surface area contributed by atoms with Gasteiger partial charge in [-0.3, -0.25) is 14.3 Å². The highest BCUT2D eigenvalue weighted by atomic mass is 16.6. The van der Waals surface area contributed by atoms with Crippen LogP contribution in [0.5, 0.6) is 11.5 Å². The molecule has 1 aliphatic rings. The van der Waals surface area contributed by atoms with Gasteiger partial charge in [0, 0.05) is 18.5 Å². The Morgan fingerprint density at radius 2 is 1.73 bits per heavy atom. The number of rotatable bonds is 11. The Bertz CT molecular complexity index is 1740. The molecule has 3 N–H and O–H groups in total. The summed E-state index contributed by atoms with van der Waals surface area (Å²) < 4.78 is 26.6. The molecule has 0 bridgehead atoms. The van der Waals surface area contributed by atoms with Crippen LogP contribution in [0.1, 0.15) is 36.3 Å². The molecule has 3 aromatic carbocycles. The summed E-state index contributed by atoms with van der Waals surface area (Å²) in [6, 6.07) is 25.4. The molecule has 0 amide bonds. The van der Waals surface area contributed by atoms with Gasteiger partial charge in [-0.05, 0) is 24.1 Å². The lowest BCUT2D eigenvalue weighted by atomic mass is 9.79. The lowest BCUT2D eigenvalue weighted by Crippen LogP contribution is -2.38. The van der Waals surface area contributed by atoms with E-state index in [1.54, 1.807) is 18.8 Å². The van der Waals surface area contributed by atoms with Crippen molar-refractivity contribution in [2.45, 2.75) is 37.4 Å². The van der Waals surface area contributed by atoms with E-state index in [-0.39, 0.29) is 24.1 Å². The van der Waals surface area contributed by atoms with Gasteiger partial charge in [0.05, 0.1) is 33.3 Å². The number of para-hydroxylation sites is 1. The Morgan fingerprint density at radius 1 is 1.02 bits per heavy atom. The van der Waals surface area contributed by atoms with Crippen molar-refractivity contribution in [2.24, 2.45) is 0 Å². The summed E-state index contributed by atoms with van der Waals surface area (Å²) in [5.41, 5.74) is 1.52. The summed E-state index contributed by atoms with van der Waals surface area (Å²) >= 11 is 0. The first-order chi connectivity index (χ1) is 21.5. The predicted octanol–water partition coefficient (Wildman–Crippen LogP) is 4.23. The minimum atomic E-state index is -1.15. The SMILES string of the molecule is CCNc1nc2c(ncn2[C@H]2C[C@H](O)[C@@H](COC(c3ccccc3)(c3ccccc3)c3cccc(OC)c3OC)O2)c(=O)[nH]1. The van der Waals surface area contributed by atoms with E-state index < -0.39 is 24.0 Å². The molecule has 228 valence electrons. The van der Waals surface area contributed by atoms with Crippen LogP contribution >= 0.6 is 0 Å². The Morgan fingerprint density at radius 3 is 2.36 bits per heavy atom. The molecule has 3 heterocycles. The van der Waals surface area contributed by atoms with Gasteiger partial charge in [0.15, 0.2) is 22.7 Å². The Hall–Kier alpha value is -4.71. The van der Waals surface area contributed by atoms with Gasteiger partial charge in [0.1, 0.15) is 17.9 Å². The lowest BCUT2D eigenvalue weighted by molar-refractivity contribution is -0.0935. The first-order valence-electron chi connectivity index (χ1n) is 14.5.